The molecule has 1 aromatic rings. The number of hydrogen-bond donors (Lipinski definition) is 1. The lowest BCUT2D eigenvalue weighted by Crippen LogP contribution is -2.20. The lowest BCUT2D eigenvalue weighted by atomic mass is 10.1. The summed E-state index contributed by atoms with van der Waals surface area (Å²) in [6.45, 7) is 4.98. The van der Waals surface area contributed by atoms with E-state index in [1.54, 1.807) is 6.07 Å². The monoisotopic (exact) mass is 259 g/mol. The molecule has 0 aromatic heterocycles. The first-order valence-corrected chi connectivity index (χ1v) is 5.62. The van der Waals surface area contributed by atoms with Crippen molar-refractivity contribution in [3.8, 4) is 0 Å². The van der Waals surface area contributed by atoms with E-state index < -0.39 is 0 Å². The molecule has 1 rings (SSSR count). The maximum atomic E-state index is 13.4. The van der Waals surface area contributed by atoms with Crippen molar-refractivity contribution in [3.05, 3.63) is 34.1 Å². The van der Waals surface area contributed by atoms with Gasteiger partial charge >= 0.3 is 0 Å². The molecule has 78 valence electrons. The van der Waals surface area contributed by atoms with Crippen LogP contribution in [-0.4, -0.2) is 6.54 Å². The molecule has 0 radical (unpaired) electrons. The second-order valence-electron chi connectivity index (χ2n) is 3.34. The van der Waals surface area contributed by atoms with Gasteiger partial charge in [0.05, 0.1) is 0 Å². The van der Waals surface area contributed by atoms with E-state index in [9.17, 15) is 4.39 Å². The number of halogens is 2. The van der Waals surface area contributed by atoms with Crippen LogP contribution in [0.2, 0.25) is 0 Å². The molecular formula is C11H15BrFN. The summed E-state index contributed by atoms with van der Waals surface area (Å²) in [4.78, 5) is 0. The summed E-state index contributed by atoms with van der Waals surface area (Å²) in [7, 11) is 0. The zero-order chi connectivity index (χ0) is 10.6. The highest BCUT2D eigenvalue weighted by atomic mass is 79.9. The molecule has 0 fully saturated rings. The van der Waals surface area contributed by atoms with E-state index in [1.165, 1.54) is 6.07 Å². The minimum atomic E-state index is -0.149. The molecule has 0 heterocycles. The molecule has 1 unspecified atom stereocenters. The molecule has 14 heavy (non-hydrogen) atoms. The lowest BCUT2D eigenvalue weighted by Gasteiger charge is -2.14. The molecule has 0 aliphatic carbocycles. The highest BCUT2D eigenvalue weighted by Crippen LogP contribution is 2.21. The molecule has 1 nitrogen and oxygen atoms in total. The average molecular weight is 260 g/mol. The highest BCUT2D eigenvalue weighted by molar-refractivity contribution is 9.10. The Morgan fingerprint density at radius 3 is 2.86 bits per heavy atom. The predicted molar refractivity (Wildman–Crippen MR) is 60.8 cm³/mol. The second kappa shape index (κ2) is 5.47. The second-order valence-corrected chi connectivity index (χ2v) is 4.26. The van der Waals surface area contributed by atoms with Gasteiger partial charge < -0.3 is 5.32 Å². The average Bonchev–Trinajstić information content (AvgIpc) is 2.18. The summed E-state index contributed by atoms with van der Waals surface area (Å²) in [6, 6.07) is 5.09. The van der Waals surface area contributed by atoms with Gasteiger partial charge in [0.25, 0.3) is 0 Å². The molecule has 1 N–H and O–H groups in total. The van der Waals surface area contributed by atoms with Crippen LogP contribution >= 0.6 is 15.9 Å². The van der Waals surface area contributed by atoms with Gasteiger partial charge in [-0.1, -0.05) is 22.9 Å². The molecule has 0 bridgehead atoms. The molecule has 0 saturated heterocycles. The Kier molecular flexibility index (Phi) is 4.55. The quantitative estimate of drug-likeness (QED) is 0.871. The number of hydrogen-bond acceptors (Lipinski definition) is 1. The molecule has 0 saturated carbocycles. The lowest BCUT2D eigenvalue weighted by molar-refractivity contribution is 0.527. The van der Waals surface area contributed by atoms with Crippen LogP contribution in [0.25, 0.3) is 0 Å². The van der Waals surface area contributed by atoms with Crippen molar-refractivity contribution in [2.45, 2.75) is 26.3 Å². The van der Waals surface area contributed by atoms with Crippen molar-refractivity contribution < 1.29 is 4.39 Å². The van der Waals surface area contributed by atoms with Crippen molar-refractivity contribution in [2.75, 3.05) is 6.54 Å². The molecule has 0 aliphatic heterocycles. The Morgan fingerprint density at radius 2 is 2.21 bits per heavy atom. The van der Waals surface area contributed by atoms with Gasteiger partial charge in [-0.15, -0.1) is 0 Å². The van der Waals surface area contributed by atoms with Gasteiger partial charge in [-0.25, -0.2) is 4.39 Å². The summed E-state index contributed by atoms with van der Waals surface area (Å²) < 4.78 is 14.3. The smallest absolute Gasteiger partial charge is 0.128 e. The Morgan fingerprint density at radius 1 is 1.50 bits per heavy atom. The SMILES string of the molecule is CCCNC(C)c1cc(Br)ccc1F. The summed E-state index contributed by atoms with van der Waals surface area (Å²) in [6.07, 6.45) is 1.06. The fourth-order valence-corrected chi connectivity index (χ4v) is 1.70. The summed E-state index contributed by atoms with van der Waals surface area (Å²) in [5.74, 6) is -0.149. The normalized spacial score (nSPS) is 12.9. The first kappa shape index (κ1) is 11.7. The van der Waals surface area contributed by atoms with Crippen molar-refractivity contribution in [1.29, 1.82) is 0 Å². The van der Waals surface area contributed by atoms with Gasteiger partial charge in [0, 0.05) is 16.1 Å². The van der Waals surface area contributed by atoms with Crippen molar-refractivity contribution >= 4 is 15.9 Å². The van der Waals surface area contributed by atoms with Crippen LogP contribution < -0.4 is 5.32 Å². The van der Waals surface area contributed by atoms with Gasteiger partial charge in [0.1, 0.15) is 5.82 Å². The summed E-state index contributed by atoms with van der Waals surface area (Å²) >= 11 is 3.34. The van der Waals surface area contributed by atoms with Crippen LogP contribution in [0.1, 0.15) is 31.9 Å². The van der Waals surface area contributed by atoms with Crippen molar-refractivity contribution in [1.82, 2.24) is 5.32 Å². The topological polar surface area (TPSA) is 12.0 Å². The highest BCUT2D eigenvalue weighted by Gasteiger charge is 2.09. The zero-order valence-electron chi connectivity index (χ0n) is 8.48. The Balaban J connectivity index is 2.77. The minimum Gasteiger partial charge on any atom is -0.310 e. The molecule has 1 aromatic carbocycles. The van der Waals surface area contributed by atoms with E-state index in [-0.39, 0.29) is 11.9 Å². The standard InChI is InChI=1S/C11H15BrFN/c1-3-6-14-8(2)10-7-9(12)4-5-11(10)13/h4-5,7-8,14H,3,6H2,1-2H3. The van der Waals surface area contributed by atoms with E-state index >= 15 is 0 Å². The predicted octanol–water partition coefficient (Wildman–Crippen LogP) is 3.65. The molecule has 0 aliphatic rings. The van der Waals surface area contributed by atoms with Gasteiger partial charge in [-0.05, 0) is 38.1 Å². The van der Waals surface area contributed by atoms with Crippen LogP contribution in [0.3, 0.4) is 0 Å². The molecule has 0 amide bonds. The van der Waals surface area contributed by atoms with E-state index in [4.69, 9.17) is 0 Å². The van der Waals surface area contributed by atoms with Crippen LogP contribution in [0.5, 0.6) is 0 Å². The maximum absolute atomic E-state index is 13.4. The van der Waals surface area contributed by atoms with E-state index in [0.29, 0.717) is 5.56 Å². The molecular weight excluding hydrogens is 245 g/mol. The van der Waals surface area contributed by atoms with Gasteiger partial charge in [0.2, 0.25) is 0 Å². The van der Waals surface area contributed by atoms with Gasteiger partial charge in [-0.2, -0.15) is 0 Å². The van der Waals surface area contributed by atoms with Crippen LogP contribution in [0.15, 0.2) is 22.7 Å². The van der Waals surface area contributed by atoms with Crippen LogP contribution in [-0.2, 0) is 0 Å². The van der Waals surface area contributed by atoms with E-state index in [2.05, 4.69) is 28.2 Å². The maximum Gasteiger partial charge on any atom is 0.128 e. The first-order chi connectivity index (χ1) is 6.65. The zero-order valence-corrected chi connectivity index (χ0v) is 10.1. The number of rotatable bonds is 4. The fourth-order valence-electron chi connectivity index (χ4n) is 1.32. The van der Waals surface area contributed by atoms with Crippen LogP contribution in [0, 0.1) is 5.82 Å². The third-order valence-electron chi connectivity index (χ3n) is 2.13. The minimum absolute atomic E-state index is 0.0625. The Bertz CT molecular complexity index is 301. The van der Waals surface area contributed by atoms with Gasteiger partial charge in [-0.3, -0.25) is 0 Å². The van der Waals surface area contributed by atoms with E-state index in [1.807, 2.05) is 13.0 Å². The Hall–Kier alpha value is -0.410. The molecule has 0 spiro atoms. The van der Waals surface area contributed by atoms with Crippen molar-refractivity contribution in [3.63, 3.8) is 0 Å². The molecule has 1 atom stereocenters. The third kappa shape index (κ3) is 3.07. The first-order valence-electron chi connectivity index (χ1n) is 4.83. The largest absolute Gasteiger partial charge is 0.310 e. The summed E-state index contributed by atoms with van der Waals surface area (Å²) in [5, 5.41) is 3.26. The number of benzene rings is 1. The fraction of sp³-hybridized carbons (Fsp3) is 0.455. The van der Waals surface area contributed by atoms with Crippen LogP contribution in [0.4, 0.5) is 4.39 Å². The van der Waals surface area contributed by atoms with Gasteiger partial charge in [0.15, 0.2) is 0 Å². The summed E-state index contributed by atoms with van der Waals surface area (Å²) in [5.41, 5.74) is 0.716. The third-order valence-corrected chi connectivity index (χ3v) is 2.62. The van der Waals surface area contributed by atoms with Crippen molar-refractivity contribution in [2.24, 2.45) is 0 Å². The van der Waals surface area contributed by atoms with E-state index in [0.717, 1.165) is 17.4 Å². The Labute approximate surface area is 92.8 Å². The number of nitrogens with one attached hydrogen (secondary N) is 1. The molecule has 3 heteroatoms.